The minimum atomic E-state index is 0.162. The molecule has 1 unspecified atom stereocenters. The Bertz CT molecular complexity index is 418. The molecule has 1 aliphatic carbocycles. The van der Waals surface area contributed by atoms with Gasteiger partial charge in [-0.25, -0.2) is 0 Å². The van der Waals surface area contributed by atoms with E-state index >= 15 is 0 Å². The van der Waals surface area contributed by atoms with Gasteiger partial charge >= 0.3 is 0 Å². The molecule has 2 rings (SSSR count). The Morgan fingerprint density at radius 1 is 1.00 bits per heavy atom. The number of aromatic nitrogens is 1. The van der Waals surface area contributed by atoms with E-state index in [-0.39, 0.29) is 5.41 Å². The third-order valence-electron chi connectivity index (χ3n) is 4.01. The van der Waals surface area contributed by atoms with Gasteiger partial charge in [0.15, 0.2) is 0 Å². The molecular weight excluding hydrogens is 206 g/mol. The van der Waals surface area contributed by atoms with Crippen molar-refractivity contribution in [2.45, 2.75) is 59.8 Å². The van der Waals surface area contributed by atoms with Gasteiger partial charge < -0.3 is 0 Å². The second kappa shape index (κ2) is 3.83. The summed E-state index contributed by atoms with van der Waals surface area (Å²) in [7, 11) is 0. The largest absolute Gasteiger partial charge is 0.260 e. The molecule has 0 bridgehead atoms. The number of rotatable bonds is 0. The predicted molar refractivity (Wildman–Crippen MR) is 73.3 cm³/mol. The van der Waals surface area contributed by atoms with Crippen LogP contribution in [0.5, 0.6) is 0 Å². The number of fused-ring (bicyclic) bond motifs is 1. The molecule has 17 heavy (non-hydrogen) atoms. The van der Waals surface area contributed by atoms with Crippen molar-refractivity contribution in [1.29, 1.82) is 0 Å². The van der Waals surface area contributed by atoms with Gasteiger partial charge in [0.1, 0.15) is 0 Å². The van der Waals surface area contributed by atoms with E-state index in [0.717, 1.165) is 5.92 Å². The fourth-order valence-corrected chi connectivity index (χ4v) is 2.52. The Labute approximate surface area is 106 Å². The van der Waals surface area contributed by atoms with Gasteiger partial charge in [0.2, 0.25) is 0 Å². The van der Waals surface area contributed by atoms with Crippen LogP contribution in [0.25, 0.3) is 0 Å². The second-order valence-corrected chi connectivity index (χ2v) is 7.56. The van der Waals surface area contributed by atoms with Crippen LogP contribution in [0.3, 0.4) is 0 Å². The molecule has 0 saturated heterocycles. The highest BCUT2D eigenvalue weighted by Gasteiger charge is 2.32. The summed E-state index contributed by atoms with van der Waals surface area (Å²) in [6.07, 6.45) is 4.54. The first-order valence-corrected chi connectivity index (χ1v) is 6.66. The molecule has 0 radical (unpaired) electrons. The number of nitrogens with zero attached hydrogens (tertiary/aromatic N) is 1. The van der Waals surface area contributed by atoms with E-state index in [4.69, 9.17) is 0 Å². The van der Waals surface area contributed by atoms with E-state index in [9.17, 15) is 0 Å². The van der Waals surface area contributed by atoms with Crippen molar-refractivity contribution in [1.82, 2.24) is 4.98 Å². The summed E-state index contributed by atoms with van der Waals surface area (Å²) in [5.74, 6) is 0.773. The highest BCUT2D eigenvalue weighted by atomic mass is 14.7. The molecule has 1 atom stereocenters. The molecule has 0 aromatic carbocycles. The normalized spacial score (nSPS) is 20.5. The minimum absolute atomic E-state index is 0.162. The molecule has 0 saturated carbocycles. The highest BCUT2D eigenvalue weighted by molar-refractivity contribution is 5.34. The van der Waals surface area contributed by atoms with Crippen LogP contribution < -0.4 is 0 Å². The standard InChI is InChI=1S/C16H25N/c1-15(2,3)13-7-11-9-14(16(4,5)6)17-10-12(11)8-13/h9-10,13H,7-8H2,1-6H3. The van der Waals surface area contributed by atoms with Gasteiger partial charge in [-0.05, 0) is 41.4 Å². The van der Waals surface area contributed by atoms with E-state index in [0.29, 0.717) is 5.41 Å². The highest BCUT2D eigenvalue weighted by Crippen LogP contribution is 2.38. The fourth-order valence-electron chi connectivity index (χ4n) is 2.52. The van der Waals surface area contributed by atoms with E-state index in [1.54, 1.807) is 0 Å². The lowest BCUT2D eigenvalue weighted by molar-refractivity contribution is 0.251. The molecule has 1 heteroatoms. The molecule has 0 fully saturated rings. The lowest BCUT2D eigenvalue weighted by Gasteiger charge is -2.26. The average molecular weight is 231 g/mol. The summed E-state index contributed by atoms with van der Waals surface area (Å²) >= 11 is 0. The fraction of sp³-hybridized carbons (Fsp3) is 0.688. The molecule has 94 valence electrons. The van der Waals surface area contributed by atoms with Gasteiger partial charge in [0.05, 0.1) is 0 Å². The third kappa shape index (κ3) is 2.53. The zero-order chi connectivity index (χ0) is 12.8. The van der Waals surface area contributed by atoms with Gasteiger partial charge in [-0.2, -0.15) is 0 Å². The van der Waals surface area contributed by atoms with Gasteiger partial charge in [0.25, 0.3) is 0 Å². The molecule has 1 nitrogen and oxygen atoms in total. The monoisotopic (exact) mass is 231 g/mol. The van der Waals surface area contributed by atoms with Crippen LogP contribution >= 0.6 is 0 Å². The second-order valence-electron chi connectivity index (χ2n) is 7.56. The maximum absolute atomic E-state index is 4.64. The molecular formula is C16H25N. The smallest absolute Gasteiger partial charge is 0.0459 e. The van der Waals surface area contributed by atoms with Crippen LogP contribution in [0.2, 0.25) is 0 Å². The molecule has 0 N–H and O–H groups in total. The summed E-state index contributed by atoms with van der Waals surface area (Å²) in [6.45, 7) is 13.7. The van der Waals surface area contributed by atoms with Gasteiger partial charge in [-0.1, -0.05) is 41.5 Å². The van der Waals surface area contributed by atoms with Crippen molar-refractivity contribution >= 4 is 0 Å². The SMILES string of the molecule is CC(C)(C)c1cc2c(cn1)CC(C(C)(C)C)C2. The van der Waals surface area contributed by atoms with Gasteiger partial charge in [-0.3, -0.25) is 4.98 Å². The Hall–Kier alpha value is -0.850. The van der Waals surface area contributed by atoms with Crippen molar-refractivity contribution in [3.63, 3.8) is 0 Å². The number of hydrogen-bond acceptors (Lipinski definition) is 1. The quantitative estimate of drug-likeness (QED) is 0.654. The molecule has 0 amide bonds. The first-order valence-electron chi connectivity index (χ1n) is 6.66. The van der Waals surface area contributed by atoms with E-state index in [1.807, 2.05) is 0 Å². The van der Waals surface area contributed by atoms with Crippen molar-refractivity contribution < 1.29 is 0 Å². The molecule has 1 aromatic rings. The molecule has 0 spiro atoms. The molecule has 1 aliphatic rings. The maximum atomic E-state index is 4.64. The van der Waals surface area contributed by atoms with E-state index in [1.165, 1.54) is 29.7 Å². The summed E-state index contributed by atoms with van der Waals surface area (Å²) in [4.78, 5) is 4.64. The van der Waals surface area contributed by atoms with Crippen molar-refractivity contribution in [3.05, 3.63) is 29.1 Å². The Kier molecular flexibility index (Phi) is 2.84. The first-order chi connectivity index (χ1) is 7.68. The molecule has 0 aliphatic heterocycles. The Morgan fingerprint density at radius 2 is 1.59 bits per heavy atom. The number of hydrogen-bond donors (Lipinski definition) is 0. The number of pyridine rings is 1. The van der Waals surface area contributed by atoms with Crippen molar-refractivity contribution in [2.24, 2.45) is 11.3 Å². The van der Waals surface area contributed by atoms with Crippen LogP contribution in [0.4, 0.5) is 0 Å². The average Bonchev–Trinajstić information content (AvgIpc) is 2.57. The summed E-state index contributed by atoms with van der Waals surface area (Å²) < 4.78 is 0. The Morgan fingerprint density at radius 3 is 2.12 bits per heavy atom. The van der Waals surface area contributed by atoms with Crippen LogP contribution in [-0.4, -0.2) is 4.98 Å². The maximum Gasteiger partial charge on any atom is 0.0459 e. The summed E-state index contributed by atoms with van der Waals surface area (Å²) in [5.41, 5.74) is 4.80. The zero-order valence-electron chi connectivity index (χ0n) is 12.1. The van der Waals surface area contributed by atoms with Crippen LogP contribution in [0, 0.1) is 11.3 Å². The summed E-state index contributed by atoms with van der Waals surface area (Å²) in [6, 6.07) is 2.33. The Balaban J connectivity index is 2.29. The van der Waals surface area contributed by atoms with Crippen LogP contribution in [0.15, 0.2) is 12.3 Å². The molecule has 1 aromatic heterocycles. The van der Waals surface area contributed by atoms with Crippen molar-refractivity contribution in [3.8, 4) is 0 Å². The van der Waals surface area contributed by atoms with E-state index < -0.39 is 0 Å². The van der Waals surface area contributed by atoms with Gasteiger partial charge in [-0.15, -0.1) is 0 Å². The predicted octanol–water partition coefficient (Wildman–Crippen LogP) is 4.14. The topological polar surface area (TPSA) is 12.9 Å². The third-order valence-corrected chi connectivity index (χ3v) is 4.01. The lowest BCUT2D eigenvalue weighted by Crippen LogP contribution is -2.20. The van der Waals surface area contributed by atoms with Crippen LogP contribution in [-0.2, 0) is 18.3 Å². The summed E-state index contributed by atoms with van der Waals surface area (Å²) in [5, 5.41) is 0. The first kappa shape index (κ1) is 12.6. The zero-order valence-corrected chi connectivity index (χ0v) is 12.1. The van der Waals surface area contributed by atoms with Crippen molar-refractivity contribution in [2.75, 3.05) is 0 Å². The van der Waals surface area contributed by atoms with Crippen LogP contribution in [0.1, 0.15) is 58.4 Å². The lowest BCUT2D eigenvalue weighted by atomic mass is 9.79. The van der Waals surface area contributed by atoms with E-state index in [2.05, 4.69) is 58.8 Å². The van der Waals surface area contributed by atoms with Gasteiger partial charge in [0, 0.05) is 17.3 Å². The minimum Gasteiger partial charge on any atom is -0.260 e. The molecule has 1 heterocycles.